The smallest absolute Gasteiger partial charge is 0.237 e. The summed E-state index contributed by atoms with van der Waals surface area (Å²) in [6.07, 6.45) is 6.96. The number of nitriles is 1. The summed E-state index contributed by atoms with van der Waals surface area (Å²) in [4.78, 5) is 14.0. The second-order valence-electron chi connectivity index (χ2n) is 6.99. The Hall–Kier alpha value is -1.12. The lowest BCUT2D eigenvalue weighted by atomic mass is 10.0. The van der Waals surface area contributed by atoms with Crippen LogP contribution in [0, 0.1) is 23.2 Å². The summed E-state index contributed by atoms with van der Waals surface area (Å²) < 4.78 is 5.75. The minimum atomic E-state index is -0.204. The molecule has 0 radical (unpaired) electrons. The van der Waals surface area contributed by atoms with Gasteiger partial charge in [0.2, 0.25) is 5.91 Å². The van der Waals surface area contributed by atoms with Crippen molar-refractivity contribution in [3.63, 3.8) is 0 Å². The zero-order valence-electron chi connectivity index (χ0n) is 13.5. The average molecular weight is 305 g/mol. The van der Waals surface area contributed by atoms with Gasteiger partial charge in [0.1, 0.15) is 6.04 Å². The van der Waals surface area contributed by atoms with Gasteiger partial charge in [-0.15, -0.1) is 0 Å². The third kappa shape index (κ3) is 3.28. The lowest BCUT2D eigenvalue weighted by Crippen LogP contribution is -2.43. The van der Waals surface area contributed by atoms with Crippen LogP contribution in [0.1, 0.15) is 45.4 Å². The number of amides is 1. The molecule has 1 amide bonds. The standard InChI is InChI=1S/C17H27N3O2/c1-2-22-16-8-12-6-14(7-13(12)9-16)19-11-17(21)20-5-3-4-15(20)10-18/h12-16,19H,2-9,11H2,1H3/t12-,13+,14?,15-,16?/m0/s1. The summed E-state index contributed by atoms with van der Waals surface area (Å²) in [7, 11) is 0. The molecular formula is C17H27N3O2. The number of ether oxygens (including phenoxy) is 1. The molecule has 0 spiro atoms. The fraction of sp³-hybridized carbons (Fsp3) is 0.882. The summed E-state index contributed by atoms with van der Waals surface area (Å²) in [5.74, 6) is 1.62. The number of nitrogens with zero attached hydrogens (tertiary/aromatic N) is 2. The topological polar surface area (TPSA) is 65.4 Å². The second kappa shape index (κ2) is 6.97. The van der Waals surface area contributed by atoms with Gasteiger partial charge in [0, 0.05) is 19.2 Å². The first-order valence-electron chi connectivity index (χ1n) is 8.75. The Morgan fingerprint density at radius 2 is 2.05 bits per heavy atom. The third-order valence-corrected chi connectivity index (χ3v) is 5.64. The largest absolute Gasteiger partial charge is 0.378 e. The molecular weight excluding hydrogens is 278 g/mol. The molecule has 0 aromatic rings. The Bertz CT molecular complexity index is 434. The first-order chi connectivity index (χ1) is 10.7. The van der Waals surface area contributed by atoms with E-state index in [1.54, 1.807) is 4.90 Å². The Balaban J connectivity index is 1.41. The van der Waals surface area contributed by atoms with Gasteiger partial charge in [0.25, 0.3) is 0 Å². The van der Waals surface area contributed by atoms with Crippen LogP contribution in [-0.2, 0) is 9.53 Å². The molecule has 22 heavy (non-hydrogen) atoms. The van der Waals surface area contributed by atoms with Gasteiger partial charge in [-0.05, 0) is 57.3 Å². The Kier molecular flexibility index (Phi) is 5.00. The maximum absolute atomic E-state index is 12.2. The van der Waals surface area contributed by atoms with Crippen LogP contribution in [0.25, 0.3) is 0 Å². The molecule has 3 fully saturated rings. The van der Waals surface area contributed by atoms with Gasteiger partial charge in [-0.2, -0.15) is 5.26 Å². The van der Waals surface area contributed by atoms with E-state index in [4.69, 9.17) is 10.00 Å². The number of fused-ring (bicyclic) bond motifs is 1. The van der Waals surface area contributed by atoms with Crippen LogP contribution in [0.5, 0.6) is 0 Å². The molecule has 2 saturated carbocycles. The van der Waals surface area contributed by atoms with Gasteiger partial charge in [-0.3, -0.25) is 4.79 Å². The highest BCUT2D eigenvalue weighted by atomic mass is 16.5. The average Bonchev–Trinajstić information content (AvgIpc) is 3.18. The van der Waals surface area contributed by atoms with Crippen molar-refractivity contribution in [1.29, 1.82) is 5.26 Å². The van der Waals surface area contributed by atoms with Gasteiger partial charge in [-0.25, -0.2) is 0 Å². The van der Waals surface area contributed by atoms with E-state index in [1.807, 2.05) is 0 Å². The SMILES string of the molecule is CCOC1C[C@H]2CC(NCC(=O)N3CCC[C@H]3C#N)C[C@H]2C1. The molecule has 5 heteroatoms. The summed E-state index contributed by atoms with van der Waals surface area (Å²) in [5, 5.41) is 12.5. The lowest BCUT2D eigenvalue weighted by molar-refractivity contribution is -0.130. The Morgan fingerprint density at radius 3 is 2.68 bits per heavy atom. The van der Waals surface area contributed by atoms with Crippen LogP contribution in [0.15, 0.2) is 0 Å². The first-order valence-corrected chi connectivity index (χ1v) is 8.75. The van der Waals surface area contributed by atoms with Crippen LogP contribution < -0.4 is 5.32 Å². The zero-order chi connectivity index (χ0) is 15.5. The van der Waals surface area contributed by atoms with Crippen LogP contribution in [0.2, 0.25) is 0 Å². The molecule has 0 aromatic heterocycles. The van der Waals surface area contributed by atoms with Gasteiger partial charge in [0.05, 0.1) is 18.7 Å². The van der Waals surface area contributed by atoms with Crippen LogP contribution in [-0.4, -0.2) is 48.7 Å². The van der Waals surface area contributed by atoms with Gasteiger partial charge in [0.15, 0.2) is 0 Å². The second-order valence-corrected chi connectivity index (χ2v) is 6.99. The third-order valence-electron chi connectivity index (χ3n) is 5.64. The Labute approximate surface area is 133 Å². The molecule has 1 aliphatic heterocycles. The van der Waals surface area contributed by atoms with E-state index >= 15 is 0 Å². The van der Waals surface area contributed by atoms with E-state index in [0.29, 0.717) is 18.7 Å². The number of likely N-dealkylation sites (tertiary alicyclic amines) is 1. The number of carbonyl (C=O) groups is 1. The van der Waals surface area contributed by atoms with E-state index in [9.17, 15) is 4.79 Å². The monoisotopic (exact) mass is 305 g/mol. The Morgan fingerprint density at radius 1 is 1.32 bits per heavy atom. The highest BCUT2D eigenvalue weighted by Gasteiger charge is 2.42. The van der Waals surface area contributed by atoms with Crippen LogP contribution >= 0.6 is 0 Å². The van der Waals surface area contributed by atoms with Crippen molar-refractivity contribution in [3.05, 3.63) is 0 Å². The maximum atomic E-state index is 12.2. The van der Waals surface area contributed by atoms with Gasteiger partial charge < -0.3 is 15.0 Å². The molecule has 0 bridgehead atoms. The van der Waals surface area contributed by atoms with Gasteiger partial charge >= 0.3 is 0 Å². The minimum absolute atomic E-state index is 0.0910. The van der Waals surface area contributed by atoms with Crippen molar-refractivity contribution in [1.82, 2.24) is 10.2 Å². The molecule has 3 rings (SSSR count). The maximum Gasteiger partial charge on any atom is 0.237 e. The van der Waals surface area contributed by atoms with E-state index in [0.717, 1.165) is 37.8 Å². The zero-order valence-corrected chi connectivity index (χ0v) is 13.5. The molecule has 2 aliphatic carbocycles. The normalized spacial score (nSPS) is 37.3. The molecule has 3 aliphatic rings. The lowest BCUT2D eigenvalue weighted by Gasteiger charge is -2.21. The van der Waals surface area contributed by atoms with Crippen molar-refractivity contribution < 1.29 is 9.53 Å². The molecule has 122 valence electrons. The number of nitrogens with one attached hydrogen (secondary N) is 1. The van der Waals surface area contributed by atoms with Gasteiger partial charge in [-0.1, -0.05) is 0 Å². The fourth-order valence-electron chi connectivity index (χ4n) is 4.63. The van der Waals surface area contributed by atoms with Crippen LogP contribution in [0.3, 0.4) is 0 Å². The predicted octanol–water partition coefficient (Wildman–Crippen LogP) is 1.68. The molecule has 0 aromatic carbocycles. The first kappa shape index (κ1) is 15.8. The summed E-state index contributed by atoms with van der Waals surface area (Å²) >= 11 is 0. The highest BCUT2D eigenvalue weighted by molar-refractivity contribution is 5.79. The number of hydrogen-bond donors (Lipinski definition) is 1. The van der Waals surface area contributed by atoms with Crippen molar-refractivity contribution in [2.75, 3.05) is 19.7 Å². The molecule has 1 saturated heterocycles. The number of rotatable bonds is 5. The molecule has 1 heterocycles. The van der Waals surface area contributed by atoms with Crippen molar-refractivity contribution in [3.8, 4) is 6.07 Å². The molecule has 2 unspecified atom stereocenters. The van der Waals surface area contributed by atoms with E-state index in [1.165, 1.54) is 25.7 Å². The van der Waals surface area contributed by atoms with E-state index in [2.05, 4.69) is 18.3 Å². The van der Waals surface area contributed by atoms with E-state index in [-0.39, 0.29) is 11.9 Å². The number of hydrogen-bond acceptors (Lipinski definition) is 4. The highest BCUT2D eigenvalue weighted by Crippen LogP contribution is 2.45. The van der Waals surface area contributed by atoms with Crippen LogP contribution in [0.4, 0.5) is 0 Å². The summed E-state index contributed by atoms with van der Waals surface area (Å²) in [5.41, 5.74) is 0. The van der Waals surface area contributed by atoms with E-state index < -0.39 is 0 Å². The molecule has 5 atom stereocenters. The quantitative estimate of drug-likeness (QED) is 0.839. The summed E-state index contributed by atoms with van der Waals surface area (Å²) in [6.45, 7) is 4.01. The number of carbonyl (C=O) groups excluding carboxylic acids is 1. The van der Waals surface area contributed by atoms with Crippen molar-refractivity contribution in [2.45, 2.75) is 63.6 Å². The van der Waals surface area contributed by atoms with Crippen molar-refractivity contribution >= 4 is 5.91 Å². The molecule has 1 N–H and O–H groups in total. The predicted molar refractivity (Wildman–Crippen MR) is 83.0 cm³/mol. The minimum Gasteiger partial charge on any atom is -0.378 e. The summed E-state index contributed by atoms with van der Waals surface area (Å²) in [6, 6.07) is 2.49. The fourth-order valence-corrected chi connectivity index (χ4v) is 4.63. The van der Waals surface area contributed by atoms with Crippen molar-refractivity contribution in [2.24, 2.45) is 11.8 Å². The molecule has 5 nitrogen and oxygen atoms in total.